The van der Waals surface area contributed by atoms with Crippen LogP contribution in [0.25, 0.3) is 0 Å². The molecule has 13 nitrogen and oxygen atoms in total. The summed E-state index contributed by atoms with van der Waals surface area (Å²) in [6, 6.07) is 11.6. The summed E-state index contributed by atoms with van der Waals surface area (Å²) in [5.41, 5.74) is 3.34. The highest BCUT2D eigenvalue weighted by molar-refractivity contribution is 5.90. The number of amides is 2. The number of fused-ring (bicyclic) bond motifs is 1. The fourth-order valence-electron chi connectivity index (χ4n) is 5.97. The van der Waals surface area contributed by atoms with Gasteiger partial charge in [-0.15, -0.1) is 0 Å². The van der Waals surface area contributed by atoms with E-state index in [2.05, 4.69) is 48.3 Å². The Hall–Kier alpha value is -4.94. The number of carbonyl (C=O) groups excluding carboxylic acids is 3. The van der Waals surface area contributed by atoms with Crippen LogP contribution in [-0.4, -0.2) is 76.8 Å². The first kappa shape index (κ1) is 35.4. The SMILES string of the molecule is Cc1c(NC[C@H](NC(=O)OCc2ccccc2)C(=O)N[C@@H](C)C(=O)OC(C)(C)C)ncnc1N1CCC(c2ccc3c(n2)NCCC3)CC1. The van der Waals surface area contributed by atoms with E-state index < -0.39 is 35.7 Å². The standard InChI is InChI=1S/C36H48N8O5/c1-23-30(39-22-40-32(23)44-18-15-26(16-19-44)28-14-13-27-12-9-17-37-31(27)42-28)38-20-29(33(45)41-24(2)34(46)49-36(3,4)5)43-35(47)48-21-25-10-7-6-8-11-25/h6-8,10-11,13-14,22,24,26,29H,9,12,15-21H2,1-5H3,(H,37,42)(H,41,45)(H,43,47)(H,38,39,40)/t24-,29-/m0/s1. The first-order chi connectivity index (χ1) is 23.5. The molecule has 1 fully saturated rings. The van der Waals surface area contributed by atoms with Crippen molar-refractivity contribution in [3.8, 4) is 0 Å². The van der Waals surface area contributed by atoms with Crippen molar-refractivity contribution in [2.75, 3.05) is 41.7 Å². The van der Waals surface area contributed by atoms with Crippen LogP contribution in [0.1, 0.15) is 75.3 Å². The quantitative estimate of drug-likeness (QED) is 0.213. The second-order valence-corrected chi connectivity index (χ2v) is 13.6. The number of carbonyl (C=O) groups is 3. The Balaban J connectivity index is 1.22. The molecule has 0 radical (unpaired) electrons. The number of rotatable bonds is 11. The van der Waals surface area contributed by atoms with Gasteiger partial charge in [0.15, 0.2) is 0 Å². The van der Waals surface area contributed by atoms with Gasteiger partial charge in [-0.2, -0.15) is 0 Å². The van der Waals surface area contributed by atoms with Crippen molar-refractivity contribution < 1.29 is 23.9 Å². The van der Waals surface area contributed by atoms with Gasteiger partial charge in [0.05, 0.1) is 0 Å². The van der Waals surface area contributed by atoms with Gasteiger partial charge in [0.2, 0.25) is 5.91 Å². The van der Waals surface area contributed by atoms with Crippen LogP contribution in [0.3, 0.4) is 0 Å². The summed E-state index contributed by atoms with van der Waals surface area (Å²) in [6.07, 6.45) is 4.83. The van der Waals surface area contributed by atoms with E-state index in [9.17, 15) is 14.4 Å². The molecule has 2 atom stereocenters. The van der Waals surface area contributed by atoms with E-state index in [0.717, 1.165) is 73.8 Å². The zero-order chi connectivity index (χ0) is 35.0. The topological polar surface area (TPSA) is 160 Å². The lowest BCUT2D eigenvalue weighted by Gasteiger charge is -2.34. The molecular weight excluding hydrogens is 624 g/mol. The molecule has 4 N–H and O–H groups in total. The number of hydrogen-bond acceptors (Lipinski definition) is 11. The van der Waals surface area contributed by atoms with Gasteiger partial charge < -0.3 is 35.6 Å². The van der Waals surface area contributed by atoms with Gasteiger partial charge in [-0.05, 0) is 77.5 Å². The second-order valence-electron chi connectivity index (χ2n) is 13.6. The number of benzene rings is 1. The normalized spacial score (nSPS) is 16.0. The molecule has 2 aliphatic rings. The van der Waals surface area contributed by atoms with Gasteiger partial charge >= 0.3 is 12.1 Å². The number of pyridine rings is 1. The maximum absolute atomic E-state index is 13.4. The number of aryl methyl sites for hydroxylation is 1. The highest BCUT2D eigenvalue weighted by Gasteiger charge is 2.29. The number of nitrogens with zero attached hydrogens (tertiary/aromatic N) is 4. The third-order valence-corrected chi connectivity index (χ3v) is 8.60. The van der Waals surface area contributed by atoms with Gasteiger partial charge in [0, 0.05) is 43.4 Å². The maximum Gasteiger partial charge on any atom is 0.408 e. The Morgan fingerprint density at radius 3 is 2.53 bits per heavy atom. The van der Waals surface area contributed by atoms with Crippen LogP contribution in [0.2, 0.25) is 0 Å². The summed E-state index contributed by atoms with van der Waals surface area (Å²) in [5, 5.41) is 11.9. The number of aromatic nitrogens is 3. The van der Waals surface area contributed by atoms with E-state index in [1.165, 1.54) is 18.8 Å². The minimum absolute atomic E-state index is 0.0231. The summed E-state index contributed by atoms with van der Waals surface area (Å²) in [6.45, 7) is 11.3. The molecule has 2 aliphatic heterocycles. The molecule has 4 heterocycles. The lowest BCUT2D eigenvalue weighted by atomic mass is 9.92. The van der Waals surface area contributed by atoms with Crippen LogP contribution < -0.4 is 26.2 Å². The molecule has 0 spiro atoms. The first-order valence-electron chi connectivity index (χ1n) is 17.0. The Labute approximate surface area is 288 Å². The Morgan fingerprint density at radius 2 is 1.80 bits per heavy atom. The van der Waals surface area contributed by atoms with Crippen LogP contribution in [0.4, 0.5) is 22.2 Å². The molecule has 5 rings (SSSR count). The molecule has 3 aromatic rings. The molecule has 1 aromatic carbocycles. The molecule has 2 aromatic heterocycles. The predicted octanol–water partition coefficient (Wildman–Crippen LogP) is 4.48. The molecule has 2 amide bonds. The van der Waals surface area contributed by atoms with Crippen molar-refractivity contribution in [3.63, 3.8) is 0 Å². The third kappa shape index (κ3) is 9.80. The third-order valence-electron chi connectivity index (χ3n) is 8.60. The van der Waals surface area contributed by atoms with Crippen LogP contribution in [0, 0.1) is 6.92 Å². The van der Waals surface area contributed by atoms with E-state index >= 15 is 0 Å². The molecule has 0 unspecified atom stereocenters. The molecule has 0 bridgehead atoms. The Bertz CT molecular complexity index is 1600. The van der Waals surface area contributed by atoms with Gasteiger partial charge in [0.25, 0.3) is 0 Å². The van der Waals surface area contributed by atoms with E-state index in [-0.39, 0.29) is 13.2 Å². The fourth-order valence-corrected chi connectivity index (χ4v) is 5.97. The molecule has 13 heteroatoms. The highest BCUT2D eigenvalue weighted by Crippen LogP contribution is 2.33. The van der Waals surface area contributed by atoms with Crippen LogP contribution in [0.15, 0.2) is 48.8 Å². The lowest BCUT2D eigenvalue weighted by molar-refractivity contribution is -0.158. The maximum atomic E-state index is 13.4. The van der Waals surface area contributed by atoms with Gasteiger partial charge in [-0.1, -0.05) is 36.4 Å². The van der Waals surface area contributed by atoms with E-state index in [4.69, 9.17) is 14.5 Å². The molecular formula is C36H48N8O5. The number of alkyl carbamates (subject to hydrolysis) is 1. The Morgan fingerprint density at radius 1 is 1.04 bits per heavy atom. The molecule has 49 heavy (non-hydrogen) atoms. The van der Waals surface area contributed by atoms with Crippen molar-refractivity contribution in [1.82, 2.24) is 25.6 Å². The van der Waals surface area contributed by atoms with Crippen molar-refractivity contribution in [2.45, 2.75) is 90.5 Å². The summed E-state index contributed by atoms with van der Waals surface area (Å²) in [5.74, 6) is 1.58. The first-order valence-corrected chi connectivity index (χ1v) is 17.0. The lowest BCUT2D eigenvalue weighted by Crippen LogP contribution is -2.54. The van der Waals surface area contributed by atoms with Crippen LogP contribution in [0.5, 0.6) is 0 Å². The summed E-state index contributed by atoms with van der Waals surface area (Å²) < 4.78 is 10.8. The van der Waals surface area contributed by atoms with Crippen molar-refractivity contribution in [2.24, 2.45) is 0 Å². The number of anilines is 3. The minimum Gasteiger partial charge on any atom is -0.458 e. The number of ether oxygens (including phenoxy) is 2. The summed E-state index contributed by atoms with van der Waals surface area (Å²) in [4.78, 5) is 55.0. The van der Waals surface area contributed by atoms with E-state index in [0.29, 0.717) is 11.7 Å². The zero-order valence-electron chi connectivity index (χ0n) is 29.0. The van der Waals surface area contributed by atoms with E-state index in [1.54, 1.807) is 20.8 Å². The number of nitrogens with one attached hydrogen (secondary N) is 4. The van der Waals surface area contributed by atoms with Crippen molar-refractivity contribution in [1.29, 1.82) is 0 Å². The van der Waals surface area contributed by atoms with Gasteiger partial charge in [-0.3, -0.25) is 4.79 Å². The highest BCUT2D eigenvalue weighted by atomic mass is 16.6. The predicted molar refractivity (Wildman–Crippen MR) is 187 cm³/mol. The number of esters is 1. The average molecular weight is 673 g/mol. The van der Waals surface area contributed by atoms with Gasteiger partial charge in [0.1, 0.15) is 48.1 Å². The van der Waals surface area contributed by atoms with Crippen LogP contribution >= 0.6 is 0 Å². The smallest absolute Gasteiger partial charge is 0.408 e. The summed E-state index contributed by atoms with van der Waals surface area (Å²) in [7, 11) is 0. The summed E-state index contributed by atoms with van der Waals surface area (Å²) >= 11 is 0. The Kier molecular flexibility index (Phi) is 11.5. The van der Waals surface area contributed by atoms with Crippen molar-refractivity contribution >= 4 is 35.4 Å². The monoisotopic (exact) mass is 672 g/mol. The largest absolute Gasteiger partial charge is 0.458 e. The van der Waals surface area contributed by atoms with E-state index in [1.807, 2.05) is 37.3 Å². The molecule has 0 saturated carbocycles. The number of piperidine rings is 1. The zero-order valence-corrected chi connectivity index (χ0v) is 29.0. The number of hydrogen-bond donors (Lipinski definition) is 4. The average Bonchev–Trinajstić information content (AvgIpc) is 3.09. The van der Waals surface area contributed by atoms with Crippen molar-refractivity contribution in [3.05, 3.63) is 71.2 Å². The minimum atomic E-state index is -1.10. The molecule has 262 valence electrons. The van der Waals surface area contributed by atoms with Gasteiger partial charge in [-0.25, -0.2) is 24.5 Å². The van der Waals surface area contributed by atoms with Crippen LogP contribution in [-0.2, 0) is 32.1 Å². The second kappa shape index (κ2) is 16.0. The molecule has 0 aliphatic carbocycles. The fraction of sp³-hybridized carbons (Fsp3) is 0.500. The molecule has 1 saturated heterocycles.